The van der Waals surface area contributed by atoms with E-state index in [1.807, 2.05) is 0 Å². The molecule has 9 atom stereocenters. The summed E-state index contributed by atoms with van der Waals surface area (Å²) in [5, 5.41) is 21.8. The predicted octanol–water partition coefficient (Wildman–Crippen LogP) is 6.27. The zero-order chi connectivity index (χ0) is 22.8. The Kier molecular flexibility index (Phi) is 5.91. The van der Waals surface area contributed by atoms with Gasteiger partial charge in [0.25, 0.3) is 0 Å². The fraction of sp³-hybridized carbons (Fsp3) is 0.931. The first-order valence-corrected chi connectivity index (χ1v) is 13.9. The highest BCUT2D eigenvalue weighted by atomic mass is 16.5. The van der Waals surface area contributed by atoms with Crippen molar-refractivity contribution in [3.05, 3.63) is 11.6 Å². The van der Waals surface area contributed by atoms with Crippen molar-refractivity contribution in [2.45, 2.75) is 116 Å². The first-order valence-electron chi connectivity index (χ1n) is 13.9. The number of rotatable bonds is 5. The highest BCUT2D eigenvalue weighted by Gasteiger charge is 2.58. The Bertz CT molecular complexity index is 739. The topological polar surface area (TPSA) is 49.7 Å². The van der Waals surface area contributed by atoms with Crippen molar-refractivity contribution in [3.8, 4) is 0 Å². The predicted molar refractivity (Wildman–Crippen MR) is 129 cm³/mol. The molecule has 3 heteroatoms. The first kappa shape index (κ1) is 23.4. The zero-order valence-corrected chi connectivity index (χ0v) is 21.2. The van der Waals surface area contributed by atoms with E-state index in [1.165, 1.54) is 38.5 Å². The van der Waals surface area contributed by atoms with Crippen LogP contribution >= 0.6 is 0 Å². The Balaban J connectivity index is 1.32. The maximum absolute atomic E-state index is 11.0. The van der Waals surface area contributed by atoms with Crippen molar-refractivity contribution in [3.63, 3.8) is 0 Å². The van der Waals surface area contributed by atoms with Gasteiger partial charge < -0.3 is 14.9 Å². The van der Waals surface area contributed by atoms with Crippen molar-refractivity contribution < 1.29 is 14.9 Å². The standard InChI is InChI=1S/C29H48O3/c1-5-28(30)15-14-26(3)21(18-28)6-7-22-24-9-8-23(27(24,4)12-11-25(22)26)20(2)10-13-29(31)16-17-32-19-29/h11,20-24,30-31H,5-10,12-19H2,1-4H3/t20-,21+,22+,23-,24+,26+,27-,28+,29-/m1/s1. The van der Waals surface area contributed by atoms with Crippen LogP contribution in [-0.2, 0) is 4.74 Å². The molecule has 4 aliphatic carbocycles. The molecule has 5 rings (SSSR count). The van der Waals surface area contributed by atoms with Crippen molar-refractivity contribution >= 4 is 0 Å². The number of allylic oxidation sites excluding steroid dienone is 2. The minimum absolute atomic E-state index is 0.321. The number of fused-ring (bicyclic) bond motifs is 5. The summed E-state index contributed by atoms with van der Waals surface area (Å²) in [5.74, 6) is 3.72. The molecule has 4 fully saturated rings. The van der Waals surface area contributed by atoms with Crippen LogP contribution in [-0.4, -0.2) is 34.6 Å². The average molecular weight is 445 g/mol. The van der Waals surface area contributed by atoms with Gasteiger partial charge in [0.15, 0.2) is 0 Å². The summed E-state index contributed by atoms with van der Waals surface area (Å²) in [7, 11) is 0. The molecule has 0 aromatic heterocycles. The Morgan fingerprint density at radius 1 is 1.06 bits per heavy atom. The molecule has 3 nitrogen and oxygen atoms in total. The lowest BCUT2D eigenvalue weighted by Crippen LogP contribution is -2.51. The molecular weight excluding hydrogens is 396 g/mol. The normalized spacial score (nSPS) is 51.5. The van der Waals surface area contributed by atoms with Crippen LogP contribution in [0.25, 0.3) is 0 Å². The maximum atomic E-state index is 11.0. The summed E-state index contributed by atoms with van der Waals surface area (Å²) in [6.45, 7) is 11.0. The van der Waals surface area contributed by atoms with Gasteiger partial charge in [0.05, 0.1) is 17.8 Å². The van der Waals surface area contributed by atoms with E-state index in [-0.39, 0.29) is 0 Å². The Hall–Kier alpha value is -0.380. The van der Waals surface area contributed by atoms with Gasteiger partial charge in [0.1, 0.15) is 0 Å². The molecule has 0 bridgehead atoms. The van der Waals surface area contributed by atoms with Crippen molar-refractivity contribution in [2.24, 2.45) is 40.4 Å². The van der Waals surface area contributed by atoms with Crippen LogP contribution in [0.2, 0.25) is 0 Å². The second kappa shape index (κ2) is 8.09. The third-order valence-electron chi connectivity index (χ3n) is 11.7. The molecule has 1 saturated heterocycles. The lowest BCUT2D eigenvalue weighted by atomic mass is 9.47. The minimum Gasteiger partial charge on any atom is -0.390 e. The molecule has 3 saturated carbocycles. The molecule has 0 unspecified atom stereocenters. The van der Waals surface area contributed by atoms with Gasteiger partial charge in [0.2, 0.25) is 0 Å². The molecule has 0 aromatic carbocycles. The van der Waals surface area contributed by atoms with Gasteiger partial charge >= 0.3 is 0 Å². The summed E-state index contributed by atoms with van der Waals surface area (Å²) in [6, 6.07) is 0. The molecule has 182 valence electrons. The highest BCUT2D eigenvalue weighted by molar-refractivity contribution is 5.29. The maximum Gasteiger partial charge on any atom is 0.0902 e. The Morgan fingerprint density at radius 3 is 2.59 bits per heavy atom. The summed E-state index contributed by atoms with van der Waals surface area (Å²) in [5.41, 5.74) is 1.55. The van der Waals surface area contributed by atoms with Gasteiger partial charge in [-0.3, -0.25) is 0 Å². The molecule has 0 aromatic rings. The quantitative estimate of drug-likeness (QED) is 0.491. The number of ether oxygens (including phenoxy) is 1. The molecule has 1 heterocycles. The van der Waals surface area contributed by atoms with Crippen LogP contribution in [0.15, 0.2) is 11.6 Å². The minimum atomic E-state index is -0.568. The van der Waals surface area contributed by atoms with E-state index in [0.717, 1.165) is 62.9 Å². The van der Waals surface area contributed by atoms with E-state index in [9.17, 15) is 10.2 Å². The molecular formula is C29H48O3. The van der Waals surface area contributed by atoms with Crippen LogP contribution in [0.3, 0.4) is 0 Å². The monoisotopic (exact) mass is 444 g/mol. The summed E-state index contributed by atoms with van der Waals surface area (Å²) < 4.78 is 5.48. The highest BCUT2D eigenvalue weighted by Crippen LogP contribution is 2.67. The molecule has 0 spiro atoms. The van der Waals surface area contributed by atoms with Gasteiger partial charge in [-0.25, -0.2) is 0 Å². The third kappa shape index (κ3) is 3.64. The van der Waals surface area contributed by atoms with Crippen molar-refractivity contribution in [1.29, 1.82) is 0 Å². The van der Waals surface area contributed by atoms with Gasteiger partial charge in [-0.05, 0) is 111 Å². The van der Waals surface area contributed by atoms with Crippen LogP contribution in [0.4, 0.5) is 0 Å². The first-order chi connectivity index (χ1) is 15.1. The number of aliphatic hydroxyl groups is 2. The van der Waals surface area contributed by atoms with E-state index in [2.05, 4.69) is 33.8 Å². The second-order valence-electron chi connectivity index (χ2n) is 13.3. The van der Waals surface area contributed by atoms with Gasteiger partial charge in [-0.15, -0.1) is 0 Å². The fourth-order valence-electron chi connectivity index (χ4n) is 9.38. The molecule has 2 N–H and O–H groups in total. The van der Waals surface area contributed by atoms with Crippen LogP contribution in [0.5, 0.6) is 0 Å². The number of hydrogen-bond donors (Lipinski definition) is 2. The molecule has 32 heavy (non-hydrogen) atoms. The van der Waals surface area contributed by atoms with Crippen LogP contribution in [0.1, 0.15) is 105 Å². The number of hydrogen-bond acceptors (Lipinski definition) is 3. The average Bonchev–Trinajstić information content (AvgIpc) is 3.36. The Morgan fingerprint density at radius 2 is 1.88 bits per heavy atom. The van der Waals surface area contributed by atoms with Crippen molar-refractivity contribution in [2.75, 3.05) is 13.2 Å². The largest absolute Gasteiger partial charge is 0.390 e. The molecule has 5 aliphatic rings. The lowest BCUT2D eigenvalue weighted by molar-refractivity contribution is -0.0772. The summed E-state index contributed by atoms with van der Waals surface area (Å²) in [6.07, 6.45) is 16.3. The van der Waals surface area contributed by atoms with Gasteiger partial charge in [-0.1, -0.05) is 39.3 Å². The molecule has 0 radical (unpaired) electrons. The Labute approximate surface area is 196 Å². The van der Waals surface area contributed by atoms with E-state index in [1.54, 1.807) is 5.57 Å². The molecule has 1 aliphatic heterocycles. The van der Waals surface area contributed by atoms with E-state index < -0.39 is 11.2 Å². The smallest absolute Gasteiger partial charge is 0.0902 e. The third-order valence-corrected chi connectivity index (χ3v) is 11.7. The molecule has 0 amide bonds. The SMILES string of the molecule is CC[C@]1(O)CC[C@]2(C)C3=CC[C@]4(C)[C@@H]([C@H](C)CC[C@@]5(O)CCOC5)CC[C@H]4[C@@H]3CC[C@H]2C1. The fourth-order valence-corrected chi connectivity index (χ4v) is 9.38. The summed E-state index contributed by atoms with van der Waals surface area (Å²) in [4.78, 5) is 0. The van der Waals surface area contributed by atoms with E-state index in [4.69, 9.17) is 4.74 Å². The lowest BCUT2D eigenvalue weighted by Gasteiger charge is -2.58. The van der Waals surface area contributed by atoms with Gasteiger partial charge in [-0.2, -0.15) is 0 Å². The van der Waals surface area contributed by atoms with Crippen LogP contribution in [0, 0.1) is 40.4 Å². The zero-order valence-electron chi connectivity index (χ0n) is 21.2. The van der Waals surface area contributed by atoms with E-state index in [0.29, 0.717) is 29.3 Å². The van der Waals surface area contributed by atoms with Crippen molar-refractivity contribution in [1.82, 2.24) is 0 Å². The van der Waals surface area contributed by atoms with Crippen LogP contribution < -0.4 is 0 Å². The van der Waals surface area contributed by atoms with Gasteiger partial charge in [0, 0.05) is 13.0 Å². The van der Waals surface area contributed by atoms with E-state index >= 15 is 0 Å². The summed E-state index contributed by atoms with van der Waals surface area (Å²) >= 11 is 0. The second-order valence-corrected chi connectivity index (χ2v) is 13.3.